The molecule has 0 spiro atoms. The largest absolute Gasteiger partial charge is 0.486 e. The van der Waals surface area contributed by atoms with E-state index in [9.17, 15) is 0 Å². The van der Waals surface area contributed by atoms with E-state index in [4.69, 9.17) is 15.2 Å². The van der Waals surface area contributed by atoms with Crippen molar-refractivity contribution in [2.75, 3.05) is 13.2 Å². The molecule has 18 heavy (non-hydrogen) atoms. The van der Waals surface area contributed by atoms with Crippen LogP contribution in [0.3, 0.4) is 0 Å². The highest BCUT2D eigenvalue weighted by Crippen LogP contribution is 2.34. The topological polar surface area (TPSA) is 44.5 Å². The molecule has 1 aliphatic heterocycles. The van der Waals surface area contributed by atoms with E-state index in [1.807, 2.05) is 30.3 Å². The third kappa shape index (κ3) is 2.05. The molecule has 0 unspecified atom stereocenters. The Balaban J connectivity index is 1.95. The standard InChI is InChI=1S/C15H15NO2/c16-10-11-1-3-12(4-2-11)13-5-6-14-15(9-13)18-8-7-17-14/h1-6,9H,7-8,10,16H2. The Morgan fingerprint density at radius 2 is 1.50 bits per heavy atom. The molecule has 3 nitrogen and oxygen atoms in total. The normalized spacial score (nSPS) is 13.4. The Labute approximate surface area is 106 Å². The van der Waals surface area contributed by atoms with Crippen LogP contribution in [0.1, 0.15) is 5.56 Å². The number of hydrogen-bond donors (Lipinski definition) is 1. The van der Waals surface area contributed by atoms with Gasteiger partial charge in [0.2, 0.25) is 0 Å². The molecule has 3 heteroatoms. The molecule has 92 valence electrons. The summed E-state index contributed by atoms with van der Waals surface area (Å²) in [6.45, 7) is 1.81. The van der Waals surface area contributed by atoms with Crippen LogP contribution in [0.15, 0.2) is 42.5 Å². The molecule has 0 aliphatic carbocycles. The summed E-state index contributed by atoms with van der Waals surface area (Å²) >= 11 is 0. The average Bonchev–Trinajstić information content (AvgIpc) is 2.47. The van der Waals surface area contributed by atoms with Gasteiger partial charge in [-0.05, 0) is 28.8 Å². The number of nitrogens with two attached hydrogens (primary N) is 1. The molecule has 0 saturated heterocycles. The molecular weight excluding hydrogens is 226 g/mol. The fourth-order valence-electron chi connectivity index (χ4n) is 2.06. The smallest absolute Gasteiger partial charge is 0.161 e. The monoisotopic (exact) mass is 241 g/mol. The van der Waals surface area contributed by atoms with Crippen LogP contribution in [-0.2, 0) is 6.54 Å². The molecule has 0 atom stereocenters. The van der Waals surface area contributed by atoms with E-state index in [0.29, 0.717) is 19.8 Å². The van der Waals surface area contributed by atoms with Crippen LogP contribution in [0.2, 0.25) is 0 Å². The van der Waals surface area contributed by atoms with Crippen molar-refractivity contribution in [1.29, 1.82) is 0 Å². The number of ether oxygens (including phenoxy) is 2. The predicted octanol–water partition coefficient (Wildman–Crippen LogP) is 2.58. The van der Waals surface area contributed by atoms with E-state index in [-0.39, 0.29) is 0 Å². The first-order chi connectivity index (χ1) is 8.86. The van der Waals surface area contributed by atoms with Crippen molar-refractivity contribution < 1.29 is 9.47 Å². The Hall–Kier alpha value is -2.00. The number of benzene rings is 2. The van der Waals surface area contributed by atoms with Gasteiger partial charge in [0, 0.05) is 6.54 Å². The van der Waals surface area contributed by atoms with Crippen LogP contribution in [0, 0.1) is 0 Å². The summed E-state index contributed by atoms with van der Waals surface area (Å²) in [5.74, 6) is 1.64. The maximum absolute atomic E-state index is 5.59. The van der Waals surface area contributed by atoms with Crippen molar-refractivity contribution in [3.05, 3.63) is 48.0 Å². The quantitative estimate of drug-likeness (QED) is 0.879. The lowest BCUT2D eigenvalue weighted by Crippen LogP contribution is -2.15. The highest BCUT2D eigenvalue weighted by molar-refractivity contribution is 5.67. The summed E-state index contributed by atoms with van der Waals surface area (Å²) in [5.41, 5.74) is 9.01. The van der Waals surface area contributed by atoms with Crippen LogP contribution >= 0.6 is 0 Å². The molecule has 1 aliphatic rings. The summed E-state index contributed by atoms with van der Waals surface area (Å²) < 4.78 is 11.1. The van der Waals surface area contributed by atoms with Crippen LogP contribution in [0.5, 0.6) is 11.5 Å². The van der Waals surface area contributed by atoms with Gasteiger partial charge in [-0.1, -0.05) is 30.3 Å². The zero-order chi connectivity index (χ0) is 12.4. The van der Waals surface area contributed by atoms with Gasteiger partial charge in [0.15, 0.2) is 11.5 Å². The number of rotatable bonds is 2. The molecule has 1 heterocycles. The van der Waals surface area contributed by atoms with Gasteiger partial charge in [0.1, 0.15) is 13.2 Å². The second kappa shape index (κ2) is 4.70. The zero-order valence-electron chi connectivity index (χ0n) is 10.1. The van der Waals surface area contributed by atoms with E-state index in [1.165, 1.54) is 0 Å². The van der Waals surface area contributed by atoms with E-state index in [1.54, 1.807) is 0 Å². The Morgan fingerprint density at radius 3 is 2.22 bits per heavy atom. The van der Waals surface area contributed by atoms with Crippen LogP contribution in [0.25, 0.3) is 11.1 Å². The summed E-state index contributed by atoms with van der Waals surface area (Å²) in [6, 6.07) is 14.3. The molecule has 3 rings (SSSR count). The molecule has 2 aromatic carbocycles. The highest BCUT2D eigenvalue weighted by atomic mass is 16.6. The first-order valence-corrected chi connectivity index (χ1v) is 6.06. The Morgan fingerprint density at radius 1 is 0.833 bits per heavy atom. The van der Waals surface area contributed by atoms with Crippen molar-refractivity contribution in [3.63, 3.8) is 0 Å². The van der Waals surface area contributed by atoms with Crippen molar-refractivity contribution in [2.45, 2.75) is 6.54 Å². The first-order valence-electron chi connectivity index (χ1n) is 6.06. The molecule has 0 radical (unpaired) electrons. The van der Waals surface area contributed by atoms with Gasteiger partial charge in [-0.25, -0.2) is 0 Å². The van der Waals surface area contributed by atoms with Crippen molar-refractivity contribution in [3.8, 4) is 22.6 Å². The van der Waals surface area contributed by atoms with E-state index < -0.39 is 0 Å². The summed E-state index contributed by atoms with van der Waals surface area (Å²) in [7, 11) is 0. The van der Waals surface area contributed by atoms with Gasteiger partial charge in [-0.3, -0.25) is 0 Å². The highest BCUT2D eigenvalue weighted by Gasteiger charge is 2.12. The molecular formula is C15H15NO2. The second-order valence-electron chi connectivity index (χ2n) is 4.26. The molecule has 2 N–H and O–H groups in total. The van der Waals surface area contributed by atoms with Gasteiger partial charge >= 0.3 is 0 Å². The van der Waals surface area contributed by atoms with Gasteiger partial charge in [0.25, 0.3) is 0 Å². The molecule has 0 fully saturated rings. The summed E-state index contributed by atoms with van der Waals surface area (Å²) in [4.78, 5) is 0. The van der Waals surface area contributed by atoms with Crippen LogP contribution < -0.4 is 15.2 Å². The van der Waals surface area contributed by atoms with Crippen molar-refractivity contribution in [2.24, 2.45) is 5.73 Å². The fraction of sp³-hybridized carbons (Fsp3) is 0.200. The lowest BCUT2D eigenvalue weighted by atomic mass is 10.0. The minimum absolute atomic E-state index is 0.571. The fourth-order valence-corrected chi connectivity index (χ4v) is 2.06. The molecule has 0 bridgehead atoms. The SMILES string of the molecule is NCc1ccc(-c2ccc3c(c2)OCCO3)cc1. The lowest BCUT2D eigenvalue weighted by molar-refractivity contribution is 0.171. The van der Waals surface area contributed by atoms with Crippen molar-refractivity contribution in [1.82, 2.24) is 0 Å². The van der Waals surface area contributed by atoms with E-state index >= 15 is 0 Å². The molecule has 2 aromatic rings. The maximum Gasteiger partial charge on any atom is 0.161 e. The third-order valence-electron chi connectivity index (χ3n) is 3.07. The van der Waals surface area contributed by atoms with E-state index in [0.717, 1.165) is 28.2 Å². The van der Waals surface area contributed by atoms with E-state index in [2.05, 4.69) is 12.1 Å². The summed E-state index contributed by atoms with van der Waals surface area (Å²) in [5, 5.41) is 0. The Bertz CT molecular complexity index is 549. The average molecular weight is 241 g/mol. The molecule has 0 saturated carbocycles. The van der Waals surface area contributed by atoms with Gasteiger partial charge in [-0.2, -0.15) is 0 Å². The number of fused-ring (bicyclic) bond motifs is 1. The van der Waals surface area contributed by atoms with Gasteiger partial charge in [-0.15, -0.1) is 0 Å². The predicted molar refractivity (Wildman–Crippen MR) is 70.8 cm³/mol. The maximum atomic E-state index is 5.59. The van der Waals surface area contributed by atoms with Gasteiger partial charge < -0.3 is 15.2 Å². The third-order valence-corrected chi connectivity index (χ3v) is 3.07. The Kier molecular flexibility index (Phi) is 2.90. The minimum Gasteiger partial charge on any atom is -0.486 e. The van der Waals surface area contributed by atoms with Crippen LogP contribution in [-0.4, -0.2) is 13.2 Å². The first kappa shape index (κ1) is 11.1. The molecule has 0 amide bonds. The number of hydrogen-bond acceptors (Lipinski definition) is 3. The zero-order valence-corrected chi connectivity index (χ0v) is 10.1. The lowest BCUT2D eigenvalue weighted by Gasteiger charge is -2.19. The second-order valence-corrected chi connectivity index (χ2v) is 4.26. The summed E-state index contributed by atoms with van der Waals surface area (Å²) in [6.07, 6.45) is 0. The van der Waals surface area contributed by atoms with Crippen molar-refractivity contribution >= 4 is 0 Å². The minimum atomic E-state index is 0.571. The molecule has 0 aromatic heterocycles. The van der Waals surface area contributed by atoms with Crippen LogP contribution in [0.4, 0.5) is 0 Å². The van der Waals surface area contributed by atoms with Gasteiger partial charge in [0.05, 0.1) is 0 Å².